The van der Waals surface area contributed by atoms with Crippen molar-refractivity contribution >= 4 is 23.9 Å². The molecule has 11 nitrogen and oxygen atoms in total. The van der Waals surface area contributed by atoms with Gasteiger partial charge in [-0.15, -0.1) is 13.2 Å². The number of ether oxygens (including phenoxy) is 3. The molecule has 3 aromatic rings. The molecule has 276 valence electrons. The minimum Gasteiger partial charge on any atom is -0.462 e. The lowest BCUT2D eigenvalue weighted by molar-refractivity contribution is -0.148. The van der Waals surface area contributed by atoms with Gasteiger partial charge in [0.05, 0.1) is 31.8 Å². The molecule has 0 radical (unpaired) electrons. The van der Waals surface area contributed by atoms with Crippen LogP contribution in [0.1, 0.15) is 55.2 Å². The quantitative estimate of drug-likeness (QED) is 0.0872. The van der Waals surface area contributed by atoms with Crippen LogP contribution in [0.25, 0.3) is 11.1 Å². The number of carbonyl (C=O) groups excluding carboxylic acids is 4. The molecule has 0 fully saturated rings. The number of allylic oxidation sites excluding steroid dienone is 2. The lowest BCUT2D eigenvalue weighted by atomic mass is 9.98. The molecule has 3 aromatic carbocycles. The minimum atomic E-state index is -1.04. The van der Waals surface area contributed by atoms with E-state index in [2.05, 4.69) is 29.1 Å². The summed E-state index contributed by atoms with van der Waals surface area (Å²) in [5, 5.41) is 17.5. The van der Waals surface area contributed by atoms with Crippen LogP contribution in [0.3, 0.4) is 0 Å². The van der Waals surface area contributed by atoms with E-state index >= 15 is 0 Å². The predicted octanol–water partition coefficient (Wildman–Crippen LogP) is 5.18. The van der Waals surface area contributed by atoms with Gasteiger partial charge in [-0.25, -0.2) is 9.59 Å². The highest BCUT2D eigenvalue weighted by atomic mass is 16.6. The molecule has 4 N–H and O–H groups in total. The molecule has 0 unspecified atom stereocenters. The summed E-state index contributed by atoms with van der Waals surface area (Å²) in [5.74, 6) is -2.46. The number of benzene rings is 3. The number of esters is 1. The van der Waals surface area contributed by atoms with Crippen LogP contribution in [0.4, 0.5) is 4.79 Å². The molecule has 0 bridgehead atoms. The number of alkyl carbamates (subject to hydrolysis) is 1. The molecule has 0 heterocycles. The maximum Gasteiger partial charge on any atom is 0.407 e. The number of hydrogen-bond acceptors (Lipinski definition) is 8. The van der Waals surface area contributed by atoms with Gasteiger partial charge in [0.25, 0.3) is 0 Å². The molecule has 1 aliphatic carbocycles. The van der Waals surface area contributed by atoms with Crippen molar-refractivity contribution in [2.45, 2.75) is 63.3 Å². The molecular weight excluding hydrogens is 662 g/mol. The summed E-state index contributed by atoms with van der Waals surface area (Å²) in [6.45, 7) is 8.94. The Morgan fingerprint density at radius 3 is 2.12 bits per heavy atom. The van der Waals surface area contributed by atoms with Crippen LogP contribution in [0.15, 0.2) is 104 Å². The summed E-state index contributed by atoms with van der Waals surface area (Å²) in [5.41, 5.74) is 5.25. The van der Waals surface area contributed by atoms with E-state index in [0.29, 0.717) is 6.42 Å². The highest BCUT2D eigenvalue weighted by Gasteiger charge is 2.31. The van der Waals surface area contributed by atoms with Gasteiger partial charge in [0, 0.05) is 18.4 Å². The first kappa shape index (κ1) is 39.5. The summed E-state index contributed by atoms with van der Waals surface area (Å²) in [7, 11) is 0. The molecule has 4 atom stereocenters. The molecule has 1 aliphatic rings. The van der Waals surface area contributed by atoms with Crippen LogP contribution in [0.2, 0.25) is 0 Å². The maximum absolute atomic E-state index is 13.4. The number of fused-ring (bicyclic) bond motifs is 3. The second-order valence-corrected chi connectivity index (χ2v) is 12.8. The highest BCUT2D eigenvalue weighted by molar-refractivity contribution is 5.86. The Bertz CT molecular complexity index is 1620. The summed E-state index contributed by atoms with van der Waals surface area (Å²) in [6.07, 6.45) is 3.15. The molecular formula is C41H49N3O8. The van der Waals surface area contributed by atoms with Gasteiger partial charge in [-0.05, 0) is 54.0 Å². The molecule has 11 heteroatoms. The Morgan fingerprint density at radius 2 is 1.48 bits per heavy atom. The average Bonchev–Trinajstić information content (AvgIpc) is 3.47. The second-order valence-electron chi connectivity index (χ2n) is 12.8. The van der Waals surface area contributed by atoms with Crippen LogP contribution >= 0.6 is 0 Å². The number of nitrogens with one attached hydrogen (secondary N) is 3. The monoisotopic (exact) mass is 711 g/mol. The normalized spacial score (nSPS) is 14.0. The van der Waals surface area contributed by atoms with E-state index in [4.69, 9.17) is 14.2 Å². The lowest BCUT2D eigenvalue weighted by Gasteiger charge is -2.24. The van der Waals surface area contributed by atoms with E-state index in [0.717, 1.165) is 27.8 Å². The van der Waals surface area contributed by atoms with Gasteiger partial charge in [0.1, 0.15) is 19.3 Å². The minimum absolute atomic E-state index is 0.000399. The van der Waals surface area contributed by atoms with Crippen LogP contribution in [-0.2, 0) is 35.2 Å². The topological polar surface area (TPSA) is 152 Å². The molecule has 4 rings (SSSR count). The van der Waals surface area contributed by atoms with Crippen molar-refractivity contribution in [1.29, 1.82) is 0 Å². The van der Waals surface area contributed by atoms with E-state index in [1.54, 1.807) is 19.1 Å². The van der Waals surface area contributed by atoms with Crippen LogP contribution in [-0.4, -0.2) is 73.5 Å². The highest BCUT2D eigenvalue weighted by Crippen LogP contribution is 2.44. The third-order valence-electron chi connectivity index (χ3n) is 8.72. The largest absolute Gasteiger partial charge is 0.462 e. The van der Waals surface area contributed by atoms with Crippen molar-refractivity contribution in [3.63, 3.8) is 0 Å². The lowest BCUT2D eigenvalue weighted by Crippen LogP contribution is -2.48. The Hall–Kier alpha value is -5.26. The Labute approximate surface area is 305 Å². The standard InChI is InChI=1S/C41H49N3O8/c1-4-6-21-37(44-41(49)52-27-36-34-19-12-10-17-32(34)33-18-11-13-20-35(33)36)40(48)51-26-31(25-50-24-29-15-8-7-9-16-29)43-39(47)30(14-5-2)22-38(46)42-28(3)23-45/h4-5,7-13,15-20,28,30-31,36-37,45H,1-2,6,14,21-27H2,3H3,(H,42,46)(H,43,47)(H,44,49)/t28-,30+,31-,37-/m0/s1. The van der Waals surface area contributed by atoms with Gasteiger partial charge in [-0.1, -0.05) is 91.0 Å². The summed E-state index contributed by atoms with van der Waals surface area (Å²) in [4.78, 5) is 52.4. The van der Waals surface area contributed by atoms with Gasteiger partial charge < -0.3 is 35.3 Å². The molecule has 0 saturated heterocycles. The van der Waals surface area contributed by atoms with Gasteiger partial charge in [0.2, 0.25) is 11.8 Å². The van der Waals surface area contributed by atoms with Crippen molar-refractivity contribution in [2.24, 2.45) is 5.92 Å². The summed E-state index contributed by atoms with van der Waals surface area (Å²) in [6, 6.07) is 23.2. The molecule has 0 aromatic heterocycles. The third kappa shape index (κ3) is 11.6. The van der Waals surface area contributed by atoms with Gasteiger partial charge in [-0.3, -0.25) is 9.59 Å². The first-order valence-corrected chi connectivity index (χ1v) is 17.6. The smallest absolute Gasteiger partial charge is 0.407 e. The number of amides is 3. The number of hydrogen-bond donors (Lipinski definition) is 4. The second kappa shape index (κ2) is 20.6. The Balaban J connectivity index is 1.38. The number of aliphatic hydroxyl groups excluding tert-OH is 1. The number of carbonyl (C=O) groups is 4. The Kier molecular flexibility index (Phi) is 15.6. The molecule has 0 aliphatic heterocycles. The number of aliphatic hydroxyl groups is 1. The number of rotatable bonds is 21. The van der Waals surface area contributed by atoms with E-state index in [1.807, 2.05) is 78.9 Å². The van der Waals surface area contributed by atoms with Crippen molar-refractivity contribution in [2.75, 3.05) is 26.4 Å². The summed E-state index contributed by atoms with van der Waals surface area (Å²) >= 11 is 0. The van der Waals surface area contributed by atoms with Crippen LogP contribution in [0.5, 0.6) is 0 Å². The van der Waals surface area contributed by atoms with Gasteiger partial charge in [0.15, 0.2) is 0 Å². The van der Waals surface area contributed by atoms with Gasteiger partial charge in [-0.2, -0.15) is 0 Å². The Morgan fingerprint density at radius 1 is 0.827 bits per heavy atom. The predicted molar refractivity (Wildman–Crippen MR) is 198 cm³/mol. The summed E-state index contributed by atoms with van der Waals surface area (Å²) < 4.78 is 17.2. The van der Waals surface area contributed by atoms with E-state index in [-0.39, 0.29) is 58.2 Å². The zero-order valence-electron chi connectivity index (χ0n) is 29.6. The average molecular weight is 712 g/mol. The van der Waals surface area contributed by atoms with E-state index in [1.165, 1.54) is 0 Å². The fourth-order valence-corrected chi connectivity index (χ4v) is 6.03. The van der Waals surface area contributed by atoms with Gasteiger partial charge >= 0.3 is 12.1 Å². The van der Waals surface area contributed by atoms with Crippen molar-refractivity contribution in [1.82, 2.24) is 16.0 Å². The van der Waals surface area contributed by atoms with E-state index in [9.17, 15) is 24.3 Å². The maximum atomic E-state index is 13.4. The molecule has 0 spiro atoms. The molecule has 3 amide bonds. The SMILES string of the molecule is C=CCC[C@H](NC(=O)OCC1c2ccccc2-c2ccccc21)C(=O)OC[C@H](COCc1ccccc1)NC(=O)[C@H](CC=C)CC(=O)N[C@@H](C)CO. The van der Waals surface area contributed by atoms with Crippen molar-refractivity contribution in [3.8, 4) is 11.1 Å². The zero-order valence-corrected chi connectivity index (χ0v) is 29.6. The van der Waals surface area contributed by atoms with Crippen LogP contribution < -0.4 is 16.0 Å². The molecule has 0 saturated carbocycles. The van der Waals surface area contributed by atoms with Crippen molar-refractivity contribution in [3.05, 3.63) is 121 Å². The third-order valence-corrected chi connectivity index (χ3v) is 8.72. The zero-order chi connectivity index (χ0) is 37.3. The first-order chi connectivity index (χ1) is 25.2. The van der Waals surface area contributed by atoms with E-state index < -0.39 is 47.9 Å². The molecule has 52 heavy (non-hydrogen) atoms. The fourth-order valence-electron chi connectivity index (χ4n) is 6.03. The first-order valence-electron chi connectivity index (χ1n) is 17.6. The van der Waals surface area contributed by atoms with Crippen LogP contribution in [0, 0.1) is 5.92 Å². The van der Waals surface area contributed by atoms with Crippen molar-refractivity contribution < 1.29 is 38.5 Å². The fraction of sp³-hybridized carbons (Fsp3) is 0.366.